The van der Waals surface area contributed by atoms with Crippen LogP contribution in [-0.4, -0.2) is 5.11 Å². The number of aliphatic hydroxyl groups is 1. The number of nitrogen functional groups attached to an aromatic ring is 1. The second-order valence-electron chi connectivity index (χ2n) is 4.81. The highest BCUT2D eigenvalue weighted by Crippen LogP contribution is 2.28. The van der Waals surface area contributed by atoms with Crippen LogP contribution in [0.3, 0.4) is 0 Å². The van der Waals surface area contributed by atoms with Crippen molar-refractivity contribution in [2.24, 2.45) is 0 Å². The van der Waals surface area contributed by atoms with Gasteiger partial charge in [-0.25, -0.2) is 0 Å². The predicted octanol–water partition coefficient (Wildman–Crippen LogP) is 3.28. The molecule has 0 saturated heterocycles. The molecule has 0 bridgehead atoms. The van der Waals surface area contributed by atoms with Crippen molar-refractivity contribution in [2.75, 3.05) is 5.73 Å². The van der Waals surface area contributed by atoms with E-state index in [-0.39, 0.29) is 0 Å². The number of nitrogens with two attached hydrogens (primary N) is 1. The molecule has 2 aromatic carbocycles. The van der Waals surface area contributed by atoms with E-state index in [0.29, 0.717) is 0 Å². The normalized spacial score (nSPS) is 12.4. The summed E-state index contributed by atoms with van der Waals surface area (Å²) in [6.45, 7) is 6.06. The third kappa shape index (κ3) is 2.24. The van der Waals surface area contributed by atoms with Gasteiger partial charge >= 0.3 is 0 Å². The highest BCUT2D eigenvalue weighted by molar-refractivity contribution is 5.52. The first kappa shape index (κ1) is 12.7. The maximum Gasteiger partial charge on any atom is 0.104 e. The molecule has 2 aromatic rings. The lowest BCUT2D eigenvalue weighted by atomic mass is 9.94. The smallest absolute Gasteiger partial charge is 0.104 e. The molecule has 18 heavy (non-hydrogen) atoms. The number of aryl methyl sites for hydroxylation is 2. The van der Waals surface area contributed by atoms with Crippen LogP contribution in [0.2, 0.25) is 0 Å². The van der Waals surface area contributed by atoms with Gasteiger partial charge in [-0.2, -0.15) is 0 Å². The molecule has 0 saturated carbocycles. The van der Waals surface area contributed by atoms with Gasteiger partial charge in [0, 0.05) is 5.69 Å². The standard InChI is InChI=1S/C16H19NO/c1-10-7-8-13(9-11(10)2)16(18)14-5-4-6-15(17)12(14)3/h4-9,16,18H,17H2,1-3H3. The summed E-state index contributed by atoms with van der Waals surface area (Å²) in [4.78, 5) is 0. The van der Waals surface area contributed by atoms with Crippen LogP contribution in [0.15, 0.2) is 36.4 Å². The zero-order valence-electron chi connectivity index (χ0n) is 11.1. The first-order valence-corrected chi connectivity index (χ1v) is 6.11. The number of aliphatic hydroxyl groups excluding tert-OH is 1. The average molecular weight is 241 g/mol. The summed E-state index contributed by atoms with van der Waals surface area (Å²) in [5, 5.41) is 10.5. The Labute approximate surface area is 108 Å². The second kappa shape index (κ2) is 4.83. The van der Waals surface area contributed by atoms with E-state index in [1.807, 2.05) is 43.3 Å². The highest BCUT2D eigenvalue weighted by atomic mass is 16.3. The third-order valence-corrected chi connectivity index (χ3v) is 3.56. The Morgan fingerprint density at radius 1 is 1.00 bits per heavy atom. The molecule has 0 radical (unpaired) electrons. The molecule has 0 aliphatic carbocycles. The Morgan fingerprint density at radius 3 is 2.39 bits per heavy atom. The van der Waals surface area contributed by atoms with Crippen molar-refractivity contribution in [3.63, 3.8) is 0 Å². The van der Waals surface area contributed by atoms with E-state index >= 15 is 0 Å². The maximum atomic E-state index is 10.5. The Kier molecular flexibility index (Phi) is 3.39. The summed E-state index contributed by atoms with van der Waals surface area (Å²) >= 11 is 0. The van der Waals surface area contributed by atoms with Gasteiger partial charge in [0.2, 0.25) is 0 Å². The first-order chi connectivity index (χ1) is 8.50. The fraction of sp³-hybridized carbons (Fsp3) is 0.250. The highest BCUT2D eigenvalue weighted by Gasteiger charge is 2.14. The zero-order valence-corrected chi connectivity index (χ0v) is 11.1. The monoisotopic (exact) mass is 241 g/mol. The molecule has 0 fully saturated rings. The van der Waals surface area contributed by atoms with E-state index in [1.165, 1.54) is 11.1 Å². The van der Waals surface area contributed by atoms with Crippen molar-refractivity contribution in [3.05, 3.63) is 64.2 Å². The van der Waals surface area contributed by atoms with Crippen LogP contribution >= 0.6 is 0 Å². The molecule has 2 rings (SSSR count). The Morgan fingerprint density at radius 2 is 1.72 bits per heavy atom. The summed E-state index contributed by atoms with van der Waals surface area (Å²) < 4.78 is 0. The lowest BCUT2D eigenvalue weighted by molar-refractivity contribution is 0.219. The molecule has 0 aliphatic rings. The lowest BCUT2D eigenvalue weighted by Crippen LogP contribution is -2.04. The van der Waals surface area contributed by atoms with Crippen molar-refractivity contribution in [1.29, 1.82) is 0 Å². The molecule has 0 spiro atoms. The van der Waals surface area contributed by atoms with Crippen molar-refractivity contribution >= 4 is 5.69 Å². The molecule has 0 amide bonds. The van der Waals surface area contributed by atoms with Crippen molar-refractivity contribution in [2.45, 2.75) is 26.9 Å². The number of hydrogen-bond acceptors (Lipinski definition) is 2. The van der Waals surface area contributed by atoms with Crippen molar-refractivity contribution < 1.29 is 5.11 Å². The van der Waals surface area contributed by atoms with Gasteiger partial charge < -0.3 is 10.8 Å². The van der Waals surface area contributed by atoms with E-state index in [2.05, 4.69) is 13.8 Å². The molecule has 1 atom stereocenters. The zero-order chi connectivity index (χ0) is 13.3. The Bertz CT molecular complexity index is 575. The summed E-state index contributed by atoms with van der Waals surface area (Å²) in [5.74, 6) is 0. The number of benzene rings is 2. The van der Waals surface area contributed by atoms with E-state index in [4.69, 9.17) is 5.73 Å². The van der Waals surface area contributed by atoms with Crippen LogP contribution < -0.4 is 5.73 Å². The fourth-order valence-electron chi connectivity index (χ4n) is 2.08. The molecular formula is C16H19NO. The lowest BCUT2D eigenvalue weighted by Gasteiger charge is -2.16. The molecule has 1 unspecified atom stereocenters. The number of anilines is 1. The van der Waals surface area contributed by atoms with Crippen LogP contribution in [0.4, 0.5) is 5.69 Å². The molecule has 2 heteroatoms. The second-order valence-corrected chi connectivity index (χ2v) is 4.81. The first-order valence-electron chi connectivity index (χ1n) is 6.11. The molecular weight excluding hydrogens is 222 g/mol. The third-order valence-electron chi connectivity index (χ3n) is 3.56. The number of hydrogen-bond donors (Lipinski definition) is 2. The summed E-state index contributed by atoms with van der Waals surface area (Å²) in [5.41, 5.74) is 11.7. The van der Waals surface area contributed by atoms with Gasteiger partial charge in [0.15, 0.2) is 0 Å². The van der Waals surface area contributed by atoms with Gasteiger partial charge in [-0.3, -0.25) is 0 Å². The quantitative estimate of drug-likeness (QED) is 0.793. The minimum Gasteiger partial charge on any atom is -0.399 e. The van der Waals surface area contributed by atoms with Gasteiger partial charge in [-0.05, 0) is 54.7 Å². The van der Waals surface area contributed by atoms with Crippen molar-refractivity contribution in [1.82, 2.24) is 0 Å². The fourth-order valence-corrected chi connectivity index (χ4v) is 2.08. The van der Waals surface area contributed by atoms with Crippen LogP contribution in [0, 0.1) is 20.8 Å². The summed E-state index contributed by atoms with van der Waals surface area (Å²) in [7, 11) is 0. The van der Waals surface area contributed by atoms with Gasteiger partial charge in [0.05, 0.1) is 0 Å². The van der Waals surface area contributed by atoms with E-state index in [1.54, 1.807) is 0 Å². The van der Waals surface area contributed by atoms with Gasteiger partial charge in [0.1, 0.15) is 6.10 Å². The topological polar surface area (TPSA) is 46.2 Å². The van der Waals surface area contributed by atoms with Crippen molar-refractivity contribution in [3.8, 4) is 0 Å². The van der Waals surface area contributed by atoms with E-state index in [0.717, 1.165) is 22.4 Å². The summed E-state index contributed by atoms with van der Waals surface area (Å²) in [6.07, 6.45) is -0.618. The molecule has 0 heterocycles. The SMILES string of the molecule is Cc1ccc(C(O)c2cccc(N)c2C)cc1C. The molecule has 0 aliphatic heterocycles. The minimum absolute atomic E-state index is 0.618. The molecule has 2 nitrogen and oxygen atoms in total. The molecule has 0 aromatic heterocycles. The van der Waals surface area contributed by atoms with E-state index < -0.39 is 6.10 Å². The van der Waals surface area contributed by atoms with Crippen LogP contribution in [0.1, 0.15) is 33.9 Å². The maximum absolute atomic E-state index is 10.5. The van der Waals surface area contributed by atoms with Gasteiger partial charge in [-0.15, -0.1) is 0 Å². The number of rotatable bonds is 2. The average Bonchev–Trinajstić information content (AvgIpc) is 2.35. The van der Waals surface area contributed by atoms with Gasteiger partial charge in [0.25, 0.3) is 0 Å². The van der Waals surface area contributed by atoms with Crippen LogP contribution in [0.25, 0.3) is 0 Å². The largest absolute Gasteiger partial charge is 0.399 e. The van der Waals surface area contributed by atoms with Crippen LogP contribution in [0.5, 0.6) is 0 Å². The molecule has 94 valence electrons. The molecule has 3 N–H and O–H groups in total. The Balaban J connectivity index is 2.44. The summed E-state index contributed by atoms with van der Waals surface area (Å²) in [6, 6.07) is 11.7. The Hall–Kier alpha value is -1.80. The van der Waals surface area contributed by atoms with E-state index in [9.17, 15) is 5.11 Å². The van der Waals surface area contributed by atoms with Crippen LogP contribution in [-0.2, 0) is 0 Å². The minimum atomic E-state index is -0.618. The van der Waals surface area contributed by atoms with Gasteiger partial charge in [-0.1, -0.05) is 30.3 Å². The predicted molar refractivity (Wildman–Crippen MR) is 75.6 cm³/mol.